The summed E-state index contributed by atoms with van der Waals surface area (Å²) in [5, 5.41) is 3.95. The lowest BCUT2D eigenvalue weighted by molar-refractivity contribution is -0.121. The summed E-state index contributed by atoms with van der Waals surface area (Å²) in [4.78, 5) is 15.8. The van der Waals surface area contributed by atoms with Crippen molar-refractivity contribution in [3.8, 4) is 0 Å². The number of aromatic nitrogens is 1. The van der Waals surface area contributed by atoms with Gasteiger partial charge in [0, 0.05) is 29.4 Å². The molecule has 0 aliphatic heterocycles. The highest BCUT2D eigenvalue weighted by Gasteiger charge is 2.21. The fourth-order valence-electron chi connectivity index (χ4n) is 3.34. The van der Waals surface area contributed by atoms with E-state index in [1.165, 1.54) is 12.1 Å². The third kappa shape index (κ3) is 3.77. The highest BCUT2D eigenvalue weighted by molar-refractivity contribution is 5.86. The smallest absolute Gasteiger partial charge is 0.221 e. The quantitative estimate of drug-likeness (QED) is 0.521. The van der Waals surface area contributed by atoms with Gasteiger partial charge in [0.2, 0.25) is 5.91 Å². The lowest BCUT2D eigenvalue weighted by Crippen LogP contribution is -2.24. The number of carbonyl (C=O) groups is 1. The number of H-pyrrole nitrogens is 1. The molecule has 136 valence electrons. The first kappa shape index (κ1) is 17.1. The van der Waals surface area contributed by atoms with Gasteiger partial charge in [0.15, 0.2) is 0 Å². The van der Waals surface area contributed by atoms with E-state index in [4.69, 9.17) is 4.42 Å². The molecule has 0 fully saturated rings. The molecule has 2 N–H and O–H groups in total. The summed E-state index contributed by atoms with van der Waals surface area (Å²) >= 11 is 0. The van der Waals surface area contributed by atoms with E-state index in [0.29, 0.717) is 12.3 Å². The van der Waals surface area contributed by atoms with E-state index in [1.54, 1.807) is 24.5 Å². The van der Waals surface area contributed by atoms with E-state index < -0.39 is 0 Å². The van der Waals surface area contributed by atoms with Crippen molar-refractivity contribution in [2.75, 3.05) is 0 Å². The molecule has 0 radical (unpaired) electrons. The zero-order chi connectivity index (χ0) is 18.6. The molecule has 4 nitrogen and oxygen atoms in total. The average molecular weight is 362 g/mol. The number of para-hydroxylation sites is 1. The Bertz CT molecular complexity index is 1040. The van der Waals surface area contributed by atoms with Crippen molar-refractivity contribution in [2.45, 2.75) is 18.9 Å². The normalized spacial score (nSPS) is 12.2. The topological polar surface area (TPSA) is 58.0 Å². The number of hydrogen-bond donors (Lipinski definition) is 2. The Morgan fingerprint density at radius 1 is 1.07 bits per heavy atom. The molecule has 2 aromatic carbocycles. The molecule has 1 atom stereocenters. The first-order chi connectivity index (χ1) is 13.2. The largest absolute Gasteiger partial charge is 0.467 e. The maximum atomic E-state index is 13.4. The fraction of sp³-hybridized carbons (Fsp3) is 0.136. The van der Waals surface area contributed by atoms with Crippen LogP contribution in [0.5, 0.6) is 0 Å². The highest BCUT2D eigenvalue weighted by Crippen LogP contribution is 2.33. The third-order valence-electron chi connectivity index (χ3n) is 4.70. The van der Waals surface area contributed by atoms with Gasteiger partial charge in [-0.1, -0.05) is 30.3 Å². The van der Waals surface area contributed by atoms with Crippen LogP contribution in [0.25, 0.3) is 10.9 Å². The number of furan rings is 1. The Morgan fingerprint density at radius 2 is 1.89 bits per heavy atom. The molecule has 1 amide bonds. The minimum atomic E-state index is -0.293. The number of benzene rings is 2. The monoisotopic (exact) mass is 362 g/mol. The van der Waals surface area contributed by atoms with Gasteiger partial charge in [0.25, 0.3) is 0 Å². The van der Waals surface area contributed by atoms with Crippen molar-refractivity contribution in [1.29, 1.82) is 0 Å². The van der Waals surface area contributed by atoms with Crippen LogP contribution in [0.2, 0.25) is 0 Å². The molecule has 2 heterocycles. The summed E-state index contributed by atoms with van der Waals surface area (Å²) in [7, 11) is 0. The predicted octanol–water partition coefficient (Wildman–Crippen LogP) is 4.74. The van der Waals surface area contributed by atoms with E-state index in [2.05, 4.69) is 10.3 Å². The summed E-state index contributed by atoms with van der Waals surface area (Å²) in [6, 6.07) is 17.9. The Labute approximate surface area is 156 Å². The minimum absolute atomic E-state index is 0.0917. The lowest BCUT2D eigenvalue weighted by atomic mass is 9.88. The average Bonchev–Trinajstić information content (AvgIpc) is 3.35. The molecule has 0 bridgehead atoms. The van der Waals surface area contributed by atoms with E-state index in [9.17, 15) is 9.18 Å². The summed E-state index contributed by atoms with van der Waals surface area (Å²) in [6.45, 7) is 0.343. The van der Waals surface area contributed by atoms with Crippen molar-refractivity contribution in [1.82, 2.24) is 10.3 Å². The van der Waals surface area contributed by atoms with Gasteiger partial charge >= 0.3 is 0 Å². The lowest BCUT2D eigenvalue weighted by Gasteiger charge is -2.17. The van der Waals surface area contributed by atoms with Crippen molar-refractivity contribution in [2.24, 2.45) is 0 Å². The zero-order valence-corrected chi connectivity index (χ0v) is 14.6. The van der Waals surface area contributed by atoms with E-state index in [-0.39, 0.29) is 24.1 Å². The van der Waals surface area contributed by atoms with Crippen molar-refractivity contribution < 1.29 is 13.6 Å². The Kier molecular flexibility index (Phi) is 4.75. The molecular formula is C22H19FN2O2. The second kappa shape index (κ2) is 7.50. The van der Waals surface area contributed by atoms with Gasteiger partial charge in [-0.2, -0.15) is 0 Å². The first-order valence-electron chi connectivity index (χ1n) is 8.81. The zero-order valence-electron chi connectivity index (χ0n) is 14.6. The van der Waals surface area contributed by atoms with Crippen molar-refractivity contribution in [3.63, 3.8) is 0 Å². The van der Waals surface area contributed by atoms with Crippen LogP contribution >= 0.6 is 0 Å². The SMILES string of the molecule is O=C(C[C@@H](c1ccc(F)cc1)c1c[nH]c2ccccc12)NCc1ccco1. The second-order valence-corrected chi connectivity index (χ2v) is 6.45. The number of aromatic amines is 1. The summed E-state index contributed by atoms with van der Waals surface area (Å²) in [5.74, 6) is 0.136. The summed E-state index contributed by atoms with van der Waals surface area (Å²) in [5.41, 5.74) is 2.93. The number of amides is 1. The summed E-state index contributed by atoms with van der Waals surface area (Å²) in [6.07, 6.45) is 3.77. The fourth-order valence-corrected chi connectivity index (χ4v) is 3.34. The molecule has 0 aliphatic carbocycles. The van der Waals surface area contributed by atoms with Crippen LogP contribution in [-0.2, 0) is 11.3 Å². The van der Waals surface area contributed by atoms with Crippen LogP contribution in [0, 0.1) is 5.82 Å². The Hall–Kier alpha value is -3.34. The molecule has 0 saturated heterocycles. The molecule has 0 aliphatic rings. The number of fused-ring (bicyclic) bond motifs is 1. The van der Waals surface area contributed by atoms with Gasteiger partial charge in [0.05, 0.1) is 12.8 Å². The second-order valence-electron chi connectivity index (χ2n) is 6.45. The summed E-state index contributed by atoms with van der Waals surface area (Å²) < 4.78 is 18.6. The van der Waals surface area contributed by atoms with Crippen LogP contribution in [0.4, 0.5) is 4.39 Å². The Balaban J connectivity index is 1.62. The van der Waals surface area contributed by atoms with Gasteiger partial charge in [-0.25, -0.2) is 4.39 Å². The number of halogens is 1. The van der Waals surface area contributed by atoms with Crippen LogP contribution in [0.3, 0.4) is 0 Å². The van der Waals surface area contributed by atoms with Crippen LogP contribution < -0.4 is 5.32 Å². The molecular weight excluding hydrogens is 343 g/mol. The number of rotatable bonds is 6. The number of nitrogens with one attached hydrogen (secondary N) is 2. The van der Waals surface area contributed by atoms with Gasteiger partial charge in [-0.15, -0.1) is 0 Å². The van der Waals surface area contributed by atoms with Gasteiger partial charge in [-0.05, 0) is 41.5 Å². The van der Waals surface area contributed by atoms with Gasteiger partial charge in [-0.3, -0.25) is 4.79 Å². The number of hydrogen-bond acceptors (Lipinski definition) is 2. The Morgan fingerprint density at radius 3 is 2.67 bits per heavy atom. The van der Waals surface area contributed by atoms with Crippen LogP contribution in [0.1, 0.15) is 29.2 Å². The van der Waals surface area contributed by atoms with Gasteiger partial charge in [0.1, 0.15) is 11.6 Å². The molecule has 0 saturated carbocycles. The predicted molar refractivity (Wildman–Crippen MR) is 102 cm³/mol. The molecule has 0 spiro atoms. The first-order valence-corrected chi connectivity index (χ1v) is 8.81. The highest BCUT2D eigenvalue weighted by atomic mass is 19.1. The maximum absolute atomic E-state index is 13.4. The number of carbonyl (C=O) groups excluding carboxylic acids is 1. The molecule has 0 unspecified atom stereocenters. The minimum Gasteiger partial charge on any atom is -0.467 e. The van der Waals surface area contributed by atoms with E-state index in [0.717, 1.165) is 22.0 Å². The molecule has 4 rings (SSSR count). The molecule has 27 heavy (non-hydrogen) atoms. The molecule has 5 heteroatoms. The third-order valence-corrected chi connectivity index (χ3v) is 4.70. The van der Waals surface area contributed by atoms with Crippen molar-refractivity contribution in [3.05, 3.63) is 95.8 Å². The maximum Gasteiger partial charge on any atom is 0.221 e. The molecule has 4 aromatic rings. The van der Waals surface area contributed by atoms with Gasteiger partial charge < -0.3 is 14.7 Å². The van der Waals surface area contributed by atoms with Crippen LogP contribution in [-0.4, -0.2) is 10.9 Å². The van der Waals surface area contributed by atoms with Crippen molar-refractivity contribution >= 4 is 16.8 Å². The van der Waals surface area contributed by atoms with E-state index in [1.807, 2.05) is 36.5 Å². The standard InChI is InChI=1S/C22H19FN2O2/c23-16-9-7-15(8-10-16)19(12-22(26)25-13-17-4-3-11-27-17)20-14-24-21-6-2-1-5-18(20)21/h1-11,14,19,24H,12-13H2,(H,25,26)/t19-/m0/s1. The molecule has 2 aromatic heterocycles. The van der Waals surface area contributed by atoms with Crippen LogP contribution in [0.15, 0.2) is 77.5 Å². The van der Waals surface area contributed by atoms with E-state index >= 15 is 0 Å².